The first-order valence-corrected chi connectivity index (χ1v) is 5.76. The number of hydrogen-bond donors (Lipinski definition) is 3. The third-order valence-electron chi connectivity index (χ3n) is 2.71. The van der Waals surface area contributed by atoms with E-state index in [9.17, 15) is 14.7 Å². The smallest absolute Gasteiger partial charge is 0.305 e. The Balaban J connectivity index is 2.74. The molecule has 0 saturated carbocycles. The second kappa shape index (κ2) is 6.05. The van der Waals surface area contributed by atoms with Gasteiger partial charge >= 0.3 is 5.97 Å². The average molecular weight is 251 g/mol. The van der Waals surface area contributed by atoms with Crippen molar-refractivity contribution in [3.05, 3.63) is 29.3 Å². The molecular formula is C13H17NO4. The van der Waals surface area contributed by atoms with Crippen molar-refractivity contribution in [1.82, 2.24) is 5.32 Å². The summed E-state index contributed by atoms with van der Waals surface area (Å²) in [5.41, 5.74) is 1.02. The van der Waals surface area contributed by atoms with Crippen LogP contribution in [0.1, 0.15) is 35.7 Å². The van der Waals surface area contributed by atoms with E-state index in [1.165, 1.54) is 12.1 Å². The summed E-state index contributed by atoms with van der Waals surface area (Å²) in [5.74, 6) is -1.14. The molecule has 1 atom stereocenters. The summed E-state index contributed by atoms with van der Waals surface area (Å²) in [6.07, 6.45) is 0.453. The van der Waals surface area contributed by atoms with Crippen molar-refractivity contribution in [2.24, 2.45) is 0 Å². The number of carboxylic acid groups (broad SMARTS) is 1. The first kappa shape index (κ1) is 14.0. The first-order valence-electron chi connectivity index (χ1n) is 5.76. The van der Waals surface area contributed by atoms with E-state index >= 15 is 0 Å². The Morgan fingerprint density at radius 1 is 1.39 bits per heavy atom. The van der Waals surface area contributed by atoms with Crippen LogP contribution in [0.5, 0.6) is 5.75 Å². The van der Waals surface area contributed by atoms with Gasteiger partial charge in [-0.05, 0) is 37.1 Å². The average Bonchev–Trinajstić information content (AvgIpc) is 2.31. The Hall–Kier alpha value is -2.04. The highest BCUT2D eigenvalue weighted by atomic mass is 16.4. The lowest BCUT2D eigenvalue weighted by molar-refractivity contribution is -0.137. The summed E-state index contributed by atoms with van der Waals surface area (Å²) in [6, 6.07) is 4.13. The number of phenolic OH excluding ortho intramolecular Hbond substituents is 1. The predicted octanol–water partition coefficient (Wildman–Crippen LogP) is 1.68. The molecule has 3 N–H and O–H groups in total. The number of rotatable bonds is 5. The first-order chi connectivity index (χ1) is 8.43. The minimum absolute atomic E-state index is 0.0979. The molecular weight excluding hydrogens is 234 g/mol. The second-order valence-electron chi connectivity index (χ2n) is 4.18. The third kappa shape index (κ3) is 3.76. The maximum absolute atomic E-state index is 11.9. The number of aliphatic carboxylic acids is 1. The molecule has 0 heterocycles. The van der Waals surface area contributed by atoms with E-state index in [2.05, 4.69) is 5.32 Å². The Morgan fingerprint density at radius 2 is 2.06 bits per heavy atom. The minimum atomic E-state index is -0.941. The van der Waals surface area contributed by atoms with E-state index < -0.39 is 5.97 Å². The van der Waals surface area contributed by atoms with Gasteiger partial charge in [0, 0.05) is 11.6 Å². The summed E-state index contributed by atoms with van der Waals surface area (Å²) in [6.45, 7) is 3.51. The number of benzene rings is 1. The highest BCUT2D eigenvalue weighted by molar-refractivity contribution is 5.95. The zero-order valence-corrected chi connectivity index (χ0v) is 10.4. The molecule has 0 aliphatic heterocycles. The maximum Gasteiger partial charge on any atom is 0.305 e. The molecule has 98 valence electrons. The van der Waals surface area contributed by atoms with Gasteiger partial charge in [-0.3, -0.25) is 9.59 Å². The fraction of sp³-hybridized carbons (Fsp3) is 0.385. The zero-order valence-electron chi connectivity index (χ0n) is 10.4. The van der Waals surface area contributed by atoms with E-state index in [-0.39, 0.29) is 24.1 Å². The van der Waals surface area contributed by atoms with E-state index in [1.807, 2.05) is 6.92 Å². The summed E-state index contributed by atoms with van der Waals surface area (Å²) >= 11 is 0. The quantitative estimate of drug-likeness (QED) is 0.743. The van der Waals surface area contributed by atoms with Gasteiger partial charge in [0.15, 0.2) is 0 Å². The standard InChI is InChI=1S/C13H17NO4/c1-3-10(7-12(16)17)14-13(18)9-4-5-11(15)8(2)6-9/h4-6,10,15H,3,7H2,1-2H3,(H,14,18)(H,16,17). The van der Waals surface area contributed by atoms with E-state index in [0.29, 0.717) is 17.5 Å². The highest BCUT2D eigenvalue weighted by Gasteiger charge is 2.15. The van der Waals surface area contributed by atoms with Gasteiger partial charge in [-0.2, -0.15) is 0 Å². The Labute approximate surface area is 105 Å². The summed E-state index contributed by atoms with van der Waals surface area (Å²) in [7, 11) is 0. The summed E-state index contributed by atoms with van der Waals surface area (Å²) in [5, 5.41) is 20.7. The van der Waals surface area contributed by atoms with Gasteiger partial charge in [-0.15, -0.1) is 0 Å². The molecule has 0 saturated heterocycles. The summed E-state index contributed by atoms with van der Waals surface area (Å²) < 4.78 is 0. The number of amides is 1. The van der Waals surface area contributed by atoms with Gasteiger partial charge in [-0.1, -0.05) is 6.92 Å². The third-order valence-corrected chi connectivity index (χ3v) is 2.71. The van der Waals surface area contributed by atoms with E-state index in [0.717, 1.165) is 0 Å². The Kier molecular flexibility index (Phi) is 4.71. The normalized spacial score (nSPS) is 11.9. The molecule has 1 unspecified atom stereocenters. The van der Waals surface area contributed by atoms with E-state index in [1.54, 1.807) is 13.0 Å². The molecule has 0 bridgehead atoms. The molecule has 1 rings (SSSR count). The number of aryl methyl sites for hydroxylation is 1. The van der Waals surface area contributed by atoms with Crippen LogP contribution in [0.2, 0.25) is 0 Å². The highest BCUT2D eigenvalue weighted by Crippen LogP contribution is 2.17. The largest absolute Gasteiger partial charge is 0.508 e. The number of carboxylic acids is 1. The van der Waals surface area contributed by atoms with Crippen LogP contribution < -0.4 is 5.32 Å². The second-order valence-corrected chi connectivity index (χ2v) is 4.18. The van der Waals surface area contributed by atoms with Crippen LogP contribution >= 0.6 is 0 Å². The van der Waals surface area contributed by atoms with Crippen molar-refractivity contribution in [2.75, 3.05) is 0 Å². The van der Waals surface area contributed by atoms with Crippen LogP contribution in [0.25, 0.3) is 0 Å². The lowest BCUT2D eigenvalue weighted by Crippen LogP contribution is -2.36. The molecule has 0 aromatic heterocycles. The van der Waals surface area contributed by atoms with Gasteiger partial charge in [0.2, 0.25) is 0 Å². The molecule has 18 heavy (non-hydrogen) atoms. The molecule has 1 aromatic carbocycles. The van der Waals surface area contributed by atoms with Crippen molar-refractivity contribution in [1.29, 1.82) is 0 Å². The maximum atomic E-state index is 11.9. The summed E-state index contributed by atoms with van der Waals surface area (Å²) in [4.78, 5) is 22.5. The molecule has 5 heteroatoms. The van der Waals surface area contributed by atoms with E-state index in [4.69, 9.17) is 5.11 Å². The van der Waals surface area contributed by atoms with Crippen LogP contribution in [0.15, 0.2) is 18.2 Å². The monoisotopic (exact) mass is 251 g/mol. The molecule has 0 fully saturated rings. The number of carbonyl (C=O) groups is 2. The van der Waals surface area contributed by atoms with Crippen molar-refractivity contribution in [3.63, 3.8) is 0 Å². The van der Waals surface area contributed by atoms with Crippen molar-refractivity contribution in [2.45, 2.75) is 32.7 Å². The van der Waals surface area contributed by atoms with Gasteiger partial charge < -0.3 is 15.5 Å². The molecule has 1 amide bonds. The number of nitrogens with one attached hydrogen (secondary N) is 1. The number of carbonyl (C=O) groups excluding carboxylic acids is 1. The van der Waals surface area contributed by atoms with Crippen LogP contribution in [0.3, 0.4) is 0 Å². The topological polar surface area (TPSA) is 86.6 Å². The van der Waals surface area contributed by atoms with Crippen LogP contribution in [0.4, 0.5) is 0 Å². The van der Waals surface area contributed by atoms with Crippen molar-refractivity contribution < 1.29 is 19.8 Å². The fourth-order valence-corrected chi connectivity index (χ4v) is 1.57. The molecule has 0 radical (unpaired) electrons. The van der Waals surface area contributed by atoms with Crippen molar-refractivity contribution in [3.8, 4) is 5.75 Å². The lowest BCUT2D eigenvalue weighted by Gasteiger charge is -2.15. The minimum Gasteiger partial charge on any atom is -0.508 e. The molecule has 0 aliphatic carbocycles. The fourth-order valence-electron chi connectivity index (χ4n) is 1.57. The zero-order chi connectivity index (χ0) is 13.7. The Morgan fingerprint density at radius 3 is 2.56 bits per heavy atom. The van der Waals surface area contributed by atoms with Gasteiger partial charge in [0.1, 0.15) is 5.75 Å². The van der Waals surface area contributed by atoms with Gasteiger partial charge in [0.25, 0.3) is 5.91 Å². The SMILES string of the molecule is CCC(CC(=O)O)NC(=O)c1ccc(O)c(C)c1. The van der Waals surface area contributed by atoms with Crippen LogP contribution in [-0.4, -0.2) is 28.1 Å². The number of hydrogen-bond acceptors (Lipinski definition) is 3. The molecule has 0 aliphatic rings. The van der Waals surface area contributed by atoms with Gasteiger partial charge in [0.05, 0.1) is 6.42 Å². The Bertz CT molecular complexity index is 456. The van der Waals surface area contributed by atoms with Crippen LogP contribution in [0, 0.1) is 6.92 Å². The van der Waals surface area contributed by atoms with Crippen molar-refractivity contribution >= 4 is 11.9 Å². The number of aromatic hydroxyl groups is 1. The number of phenols is 1. The molecule has 1 aromatic rings. The van der Waals surface area contributed by atoms with Gasteiger partial charge in [-0.25, -0.2) is 0 Å². The predicted molar refractivity (Wildman–Crippen MR) is 66.6 cm³/mol. The molecule has 5 nitrogen and oxygen atoms in total. The van der Waals surface area contributed by atoms with Crippen LogP contribution in [-0.2, 0) is 4.79 Å². The lowest BCUT2D eigenvalue weighted by atomic mass is 10.1. The molecule has 0 spiro atoms.